The molecule has 1 amide bonds. The third-order valence-electron chi connectivity index (χ3n) is 2.55. The fraction of sp³-hybridized carbons (Fsp3) is 0.231. The largest absolute Gasteiger partial charge is 0.344 e. The fourth-order valence-corrected chi connectivity index (χ4v) is 2.61. The molecule has 1 heterocycles. The van der Waals surface area contributed by atoms with Crippen LogP contribution >= 0.6 is 27.3 Å². The lowest BCUT2D eigenvalue weighted by atomic mass is 10.1. The molecule has 1 atom stereocenters. The molecule has 1 unspecified atom stereocenters. The molecule has 1 N–H and O–H groups in total. The van der Waals surface area contributed by atoms with Gasteiger partial charge in [-0.3, -0.25) is 4.79 Å². The van der Waals surface area contributed by atoms with E-state index in [4.69, 9.17) is 0 Å². The summed E-state index contributed by atoms with van der Waals surface area (Å²) in [6.45, 7) is 3.85. The number of benzene rings is 1. The first-order valence-electron chi connectivity index (χ1n) is 5.54. The molecule has 0 aliphatic rings. The highest BCUT2D eigenvalue weighted by atomic mass is 79.9. The third kappa shape index (κ3) is 3.17. The van der Waals surface area contributed by atoms with Crippen LogP contribution in [0, 0.1) is 6.92 Å². The number of hydrogen-bond acceptors (Lipinski definition) is 3. The van der Waals surface area contributed by atoms with E-state index in [1.807, 2.05) is 38.1 Å². The maximum absolute atomic E-state index is 11.9. The Balaban J connectivity index is 2.07. The Labute approximate surface area is 118 Å². The van der Waals surface area contributed by atoms with E-state index in [0.717, 1.165) is 15.0 Å². The van der Waals surface area contributed by atoms with Gasteiger partial charge in [0.25, 0.3) is 5.91 Å². The van der Waals surface area contributed by atoms with E-state index in [0.29, 0.717) is 5.69 Å². The lowest BCUT2D eigenvalue weighted by Gasteiger charge is -2.13. The Morgan fingerprint density at radius 2 is 2.28 bits per heavy atom. The Morgan fingerprint density at radius 3 is 2.89 bits per heavy atom. The molecule has 0 spiro atoms. The van der Waals surface area contributed by atoms with Crippen LogP contribution in [0.4, 0.5) is 0 Å². The van der Waals surface area contributed by atoms with Gasteiger partial charge >= 0.3 is 0 Å². The van der Waals surface area contributed by atoms with Gasteiger partial charge in [0, 0.05) is 9.85 Å². The van der Waals surface area contributed by atoms with Crippen molar-refractivity contribution in [1.82, 2.24) is 10.3 Å². The normalized spacial score (nSPS) is 12.2. The maximum Gasteiger partial charge on any atom is 0.271 e. The number of amides is 1. The van der Waals surface area contributed by atoms with Crippen molar-refractivity contribution in [2.24, 2.45) is 0 Å². The van der Waals surface area contributed by atoms with Crippen molar-refractivity contribution in [1.29, 1.82) is 0 Å². The van der Waals surface area contributed by atoms with Gasteiger partial charge in [0.15, 0.2) is 0 Å². The van der Waals surface area contributed by atoms with E-state index in [9.17, 15) is 4.79 Å². The number of aryl methyl sites for hydroxylation is 1. The van der Waals surface area contributed by atoms with Crippen LogP contribution in [0.2, 0.25) is 0 Å². The van der Waals surface area contributed by atoms with Crippen LogP contribution < -0.4 is 5.32 Å². The Hall–Kier alpha value is -1.20. The topological polar surface area (TPSA) is 42.0 Å². The highest BCUT2D eigenvalue weighted by molar-refractivity contribution is 9.10. The standard InChI is InChI=1S/C13H13BrN2OS/c1-8(10-4-3-5-11(14)6-10)15-13(17)12-7-18-9(2)16-12/h3-8H,1-2H3,(H,15,17). The molecule has 1 aromatic heterocycles. The van der Waals surface area contributed by atoms with E-state index < -0.39 is 0 Å². The number of nitrogens with zero attached hydrogens (tertiary/aromatic N) is 1. The van der Waals surface area contributed by atoms with Crippen LogP contribution in [0.3, 0.4) is 0 Å². The lowest BCUT2D eigenvalue weighted by Crippen LogP contribution is -2.26. The first-order chi connectivity index (χ1) is 8.56. The predicted octanol–water partition coefficient (Wildman–Crippen LogP) is 3.71. The van der Waals surface area contributed by atoms with Crippen molar-refractivity contribution in [3.05, 3.63) is 50.4 Å². The van der Waals surface area contributed by atoms with Gasteiger partial charge in [-0.15, -0.1) is 11.3 Å². The summed E-state index contributed by atoms with van der Waals surface area (Å²) in [7, 11) is 0. The van der Waals surface area contributed by atoms with Gasteiger partial charge in [-0.25, -0.2) is 4.98 Å². The van der Waals surface area contributed by atoms with Gasteiger partial charge in [-0.2, -0.15) is 0 Å². The molecule has 1 aromatic carbocycles. The van der Waals surface area contributed by atoms with Gasteiger partial charge < -0.3 is 5.32 Å². The maximum atomic E-state index is 11.9. The number of thiazole rings is 1. The molecule has 2 rings (SSSR count). The number of halogens is 1. The van der Waals surface area contributed by atoms with Crippen LogP contribution in [-0.2, 0) is 0 Å². The summed E-state index contributed by atoms with van der Waals surface area (Å²) in [5.41, 5.74) is 1.55. The second kappa shape index (κ2) is 5.63. The monoisotopic (exact) mass is 324 g/mol. The van der Waals surface area contributed by atoms with Crippen molar-refractivity contribution in [2.45, 2.75) is 19.9 Å². The summed E-state index contributed by atoms with van der Waals surface area (Å²) in [6.07, 6.45) is 0. The molecular formula is C13H13BrN2OS. The van der Waals surface area contributed by atoms with E-state index >= 15 is 0 Å². The van der Waals surface area contributed by atoms with E-state index in [1.54, 1.807) is 5.38 Å². The van der Waals surface area contributed by atoms with Gasteiger partial charge in [0.05, 0.1) is 11.0 Å². The zero-order chi connectivity index (χ0) is 13.1. The van der Waals surface area contributed by atoms with E-state index in [-0.39, 0.29) is 11.9 Å². The molecule has 0 saturated carbocycles. The Kier molecular flexibility index (Phi) is 4.14. The second-order valence-corrected chi connectivity index (χ2v) is 5.98. The second-order valence-electron chi connectivity index (χ2n) is 4.00. The molecule has 2 aromatic rings. The third-order valence-corrected chi connectivity index (χ3v) is 3.81. The first-order valence-corrected chi connectivity index (χ1v) is 7.22. The summed E-state index contributed by atoms with van der Waals surface area (Å²) in [5.74, 6) is -0.133. The minimum absolute atomic E-state index is 0.0444. The summed E-state index contributed by atoms with van der Waals surface area (Å²) in [4.78, 5) is 16.1. The van der Waals surface area contributed by atoms with Gasteiger partial charge in [-0.05, 0) is 31.5 Å². The van der Waals surface area contributed by atoms with E-state index in [2.05, 4.69) is 26.2 Å². The van der Waals surface area contributed by atoms with Crippen LogP contribution in [0.1, 0.15) is 34.0 Å². The van der Waals surface area contributed by atoms with E-state index in [1.165, 1.54) is 11.3 Å². The van der Waals surface area contributed by atoms with Crippen molar-refractivity contribution < 1.29 is 4.79 Å². The molecule has 5 heteroatoms. The van der Waals surface area contributed by atoms with Crippen molar-refractivity contribution in [2.75, 3.05) is 0 Å². The SMILES string of the molecule is Cc1nc(C(=O)NC(C)c2cccc(Br)c2)cs1. The number of hydrogen-bond donors (Lipinski definition) is 1. The van der Waals surface area contributed by atoms with Crippen molar-refractivity contribution in [3.63, 3.8) is 0 Å². The zero-order valence-electron chi connectivity index (χ0n) is 10.1. The highest BCUT2D eigenvalue weighted by Crippen LogP contribution is 2.18. The summed E-state index contributed by atoms with van der Waals surface area (Å²) in [5, 5.41) is 5.61. The van der Waals surface area contributed by atoms with Crippen LogP contribution in [-0.4, -0.2) is 10.9 Å². The minimum atomic E-state index is -0.133. The summed E-state index contributed by atoms with van der Waals surface area (Å²) in [6, 6.07) is 7.85. The fourth-order valence-electron chi connectivity index (χ4n) is 1.60. The van der Waals surface area contributed by atoms with Crippen LogP contribution in [0.15, 0.2) is 34.1 Å². The lowest BCUT2D eigenvalue weighted by molar-refractivity contribution is 0.0935. The quantitative estimate of drug-likeness (QED) is 0.935. The molecule has 0 bridgehead atoms. The summed E-state index contributed by atoms with van der Waals surface area (Å²) < 4.78 is 1.01. The van der Waals surface area contributed by atoms with Gasteiger partial charge in [-0.1, -0.05) is 28.1 Å². The molecule has 3 nitrogen and oxygen atoms in total. The highest BCUT2D eigenvalue weighted by Gasteiger charge is 2.13. The average molecular weight is 325 g/mol. The number of rotatable bonds is 3. The molecule has 18 heavy (non-hydrogen) atoms. The molecule has 0 radical (unpaired) electrons. The van der Waals surface area contributed by atoms with Crippen LogP contribution in [0.5, 0.6) is 0 Å². The van der Waals surface area contributed by atoms with Gasteiger partial charge in [0.2, 0.25) is 0 Å². The molecule has 0 fully saturated rings. The number of carbonyl (C=O) groups is 1. The molecule has 0 aliphatic carbocycles. The van der Waals surface area contributed by atoms with Crippen LogP contribution in [0.25, 0.3) is 0 Å². The molecular weight excluding hydrogens is 312 g/mol. The minimum Gasteiger partial charge on any atom is -0.344 e. The molecule has 0 saturated heterocycles. The predicted molar refractivity (Wildman–Crippen MR) is 76.9 cm³/mol. The smallest absolute Gasteiger partial charge is 0.271 e. The number of aromatic nitrogens is 1. The Bertz CT molecular complexity index is 568. The molecule has 94 valence electrons. The van der Waals surface area contributed by atoms with Crippen molar-refractivity contribution >= 4 is 33.2 Å². The first kappa shape index (κ1) is 13.2. The van der Waals surface area contributed by atoms with Gasteiger partial charge in [0.1, 0.15) is 5.69 Å². The average Bonchev–Trinajstić information content (AvgIpc) is 2.76. The molecule has 0 aliphatic heterocycles. The summed E-state index contributed by atoms with van der Waals surface area (Å²) >= 11 is 4.90. The zero-order valence-corrected chi connectivity index (χ0v) is 12.5. The number of carbonyl (C=O) groups excluding carboxylic acids is 1. The van der Waals surface area contributed by atoms with Crippen molar-refractivity contribution in [3.8, 4) is 0 Å². The Morgan fingerprint density at radius 1 is 1.50 bits per heavy atom. The number of nitrogens with one attached hydrogen (secondary N) is 1.